The molecular formula is C37H39ClN6O4. The molecule has 2 heterocycles. The number of carbonyl (C=O) groups is 2. The lowest BCUT2D eigenvalue weighted by atomic mass is 9.92. The molecule has 2 aromatic heterocycles. The number of carbonyl (C=O) groups excluding carboxylic acids is 2. The second kappa shape index (κ2) is 14.2. The number of hydrogen-bond donors (Lipinski definition) is 3. The van der Waals surface area contributed by atoms with Crippen LogP contribution in [0.3, 0.4) is 0 Å². The van der Waals surface area contributed by atoms with Crippen LogP contribution in [0.2, 0.25) is 5.02 Å². The number of urea groups is 1. The van der Waals surface area contributed by atoms with E-state index in [9.17, 15) is 14.4 Å². The van der Waals surface area contributed by atoms with Crippen LogP contribution in [-0.2, 0) is 18.6 Å². The van der Waals surface area contributed by atoms with E-state index in [0.29, 0.717) is 22.8 Å². The molecule has 11 heteroatoms. The molecule has 0 aliphatic heterocycles. The molecule has 5 rings (SSSR count). The van der Waals surface area contributed by atoms with Gasteiger partial charge in [0.05, 0.1) is 17.1 Å². The van der Waals surface area contributed by atoms with Gasteiger partial charge in [-0.25, -0.2) is 9.48 Å². The summed E-state index contributed by atoms with van der Waals surface area (Å²) in [5, 5.41) is 13.2. The van der Waals surface area contributed by atoms with Gasteiger partial charge in [-0.2, -0.15) is 5.10 Å². The van der Waals surface area contributed by atoms with Crippen LogP contribution < -0.4 is 26.2 Å². The van der Waals surface area contributed by atoms with E-state index in [1.54, 1.807) is 42.9 Å². The number of aryl methyl sites for hydroxylation is 2. The number of hydrogen-bond acceptors (Lipinski definition) is 5. The topological polar surface area (TPSA) is 119 Å². The van der Waals surface area contributed by atoms with Crippen LogP contribution in [0.4, 0.5) is 10.6 Å². The van der Waals surface area contributed by atoms with E-state index in [-0.39, 0.29) is 41.3 Å². The van der Waals surface area contributed by atoms with Crippen molar-refractivity contribution in [2.24, 2.45) is 0 Å². The molecule has 48 heavy (non-hydrogen) atoms. The van der Waals surface area contributed by atoms with Crippen molar-refractivity contribution in [3.05, 3.63) is 134 Å². The molecule has 0 saturated heterocycles. The molecule has 3 aromatic carbocycles. The largest absolute Gasteiger partial charge is 0.487 e. The van der Waals surface area contributed by atoms with E-state index in [4.69, 9.17) is 21.4 Å². The number of pyridine rings is 1. The Hall–Kier alpha value is -5.35. The second-order valence-corrected chi connectivity index (χ2v) is 12.8. The average molecular weight is 667 g/mol. The van der Waals surface area contributed by atoms with E-state index in [1.807, 2.05) is 67.6 Å². The molecule has 0 saturated carbocycles. The quantitative estimate of drug-likeness (QED) is 0.159. The van der Waals surface area contributed by atoms with Crippen LogP contribution in [0, 0.1) is 13.8 Å². The minimum absolute atomic E-state index is 0.0787. The van der Waals surface area contributed by atoms with Gasteiger partial charge in [0.2, 0.25) is 0 Å². The number of benzene rings is 3. The third kappa shape index (κ3) is 7.44. The molecule has 248 valence electrons. The van der Waals surface area contributed by atoms with Gasteiger partial charge >= 0.3 is 6.03 Å². The number of aromatic nitrogens is 3. The van der Waals surface area contributed by atoms with E-state index in [0.717, 1.165) is 28.1 Å². The van der Waals surface area contributed by atoms with E-state index < -0.39 is 5.56 Å². The molecule has 0 spiro atoms. The Morgan fingerprint density at radius 2 is 1.60 bits per heavy atom. The number of rotatable bonds is 9. The third-order valence-corrected chi connectivity index (χ3v) is 8.25. The van der Waals surface area contributed by atoms with Gasteiger partial charge in [0, 0.05) is 42.4 Å². The highest BCUT2D eigenvalue weighted by atomic mass is 35.5. The fraction of sp³-hybridized carbons (Fsp3) is 0.243. The van der Waals surface area contributed by atoms with Gasteiger partial charge in [0.25, 0.3) is 11.5 Å². The fourth-order valence-electron chi connectivity index (χ4n) is 5.19. The lowest BCUT2D eigenvalue weighted by molar-refractivity contribution is 0.0963. The molecule has 3 amide bonds. The molecular weight excluding hydrogens is 628 g/mol. The van der Waals surface area contributed by atoms with Gasteiger partial charge in [0.1, 0.15) is 23.2 Å². The number of amides is 3. The fourth-order valence-corrected chi connectivity index (χ4v) is 5.38. The maximum atomic E-state index is 13.5. The van der Waals surface area contributed by atoms with Crippen LogP contribution in [0.15, 0.2) is 89.7 Å². The first-order chi connectivity index (χ1) is 22.9. The lowest BCUT2D eigenvalue weighted by Gasteiger charge is -2.17. The zero-order valence-electron chi connectivity index (χ0n) is 27.8. The smallest absolute Gasteiger partial charge is 0.320 e. The first-order valence-corrected chi connectivity index (χ1v) is 15.9. The zero-order valence-corrected chi connectivity index (χ0v) is 28.6. The highest BCUT2D eigenvalue weighted by Gasteiger charge is 2.22. The van der Waals surface area contributed by atoms with Gasteiger partial charge in [-0.15, -0.1) is 0 Å². The average Bonchev–Trinajstić information content (AvgIpc) is 3.50. The minimum Gasteiger partial charge on any atom is -0.487 e. The Morgan fingerprint density at radius 3 is 2.29 bits per heavy atom. The lowest BCUT2D eigenvalue weighted by Crippen LogP contribution is -2.29. The van der Waals surface area contributed by atoms with Crippen LogP contribution in [0.1, 0.15) is 59.2 Å². The van der Waals surface area contributed by atoms with Crippen LogP contribution in [-0.4, -0.2) is 33.3 Å². The minimum atomic E-state index is -0.459. The normalized spacial score (nSPS) is 11.2. The predicted molar refractivity (Wildman–Crippen MR) is 189 cm³/mol. The van der Waals surface area contributed by atoms with Crippen molar-refractivity contribution in [1.29, 1.82) is 0 Å². The van der Waals surface area contributed by atoms with Crippen molar-refractivity contribution in [2.75, 3.05) is 12.4 Å². The number of anilines is 1. The van der Waals surface area contributed by atoms with Gasteiger partial charge in [-0.05, 0) is 54.8 Å². The van der Waals surface area contributed by atoms with Crippen molar-refractivity contribution in [2.45, 2.75) is 53.2 Å². The zero-order chi connectivity index (χ0) is 34.6. The summed E-state index contributed by atoms with van der Waals surface area (Å²) in [4.78, 5) is 38.8. The van der Waals surface area contributed by atoms with Crippen LogP contribution in [0.25, 0.3) is 11.4 Å². The van der Waals surface area contributed by atoms with Crippen molar-refractivity contribution >= 4 is 29.4 Å². The summed E-state index contributed by atoms with van der Waals surface area (Å²) < 4.78 is 9.28. The summed E-state index contributed by atoms with van der Waals surface area (Å²) in [6.07, 6.45) is 0. The Balaban J connectivity index is 1.31. The number of para-hydroxylation sites is 1. The van der Waals surface area contributed by atoms with Crippen LogP contribution in [0.5, 0.6) is 5.75 Å². The number of halogens is 1. The van der Waals surface area contributed by atoms with Crippen molar-refractivity contribution < 1.29 is 14.3 Å². The Morgan fingerprint density at radius 1 is 0.917 bits per heavy atom. The van der Waals surface area contributed by atoms with E-state index in [1.165, 1.54) is 4.57 Å². The van der Waals surface area contributed by atoms with Crippen molar-refractivity contribution in [1.82, 2.24) is 25.0 Å². The maximum absolute atomic E-state index is 13.5. The maximum Gasteiger partial charge on any atom is 0.320 e. The molecule has 5 aromatic rings. The number of nitrogens with zero attached hydrogens (tertiary/aromatic N) is 3. The van der Waals surface area contributed by atoms with Gasteiger partial charge in [0.15, 0.2) is 0 Å². The van der Waals surface area contributed by atoms with Crippen molar-refractivity contribution in [3.63, 3.8) is 0 Å². The summed E-state index contributed by atoms with van der Waals surface area (Å²) in [5.74, 6) is 0.530. The van der Waals surface area contributed by atoms with E-state index >= 15 is 0 Å². The van der Waals surface area contributed by atoms with Gasteiger partial charge < -0.3 is 15.4 Å². The third-order valence-electron chi connectivity index (χ3n) is 7.90. The molecule has 0 radical (unpaired) electrons. The van der Waals surface area contributed by atoms with Gasteiger partial charge in [-0.1, -0.05) is 80.9 Å². The summed E-state index contributed by atoms with van der Waals surface area (Å²) in [7, 11) is 1.55. The Kier molecular flexibility index (Phi) is 10.0. The van der Waals surface area contributed by atoms with Crippen molar-refractivity contribution in [3.8, 4) is 17.1 Å². The summed E-state index contributed by atoms with van der Waals surface area (Å²) >= 11 is 6.56. The molecule has 3 N–H and O–H groups in total. The Bertz CT molecular complexity index is 2030. The molecule has 0 aliphatic carbocycles. The number of ether oxygens (including phenoxy) is 1. The highest BCUT2D eigenvalue weighted by molar-refractivity contribution is 6.31. The molecule has 10 nitrogen and oxygen atoms in total. The highest BCUT2D eigenvalue weighted by Crippen LogP contribution is 2.28. The summed E-state index contributed by atoms with van der Waals surface area (Å²) in [6, 6.07) is 25.5. The molecule has 0 fully saturated rings. The standard InChI is InChI=1S/C37H39ClN6O4/c1-23-16-17-25(34(45)39-6)19-29(23)43-24(2)18-30(33(38)35(43)46)48-22-27-13-11-10-12-26(27)21-40-36(47)41-32-20-31(37(3,4)5)42-44(32)28-14-8-7-9-15-28/h7-20H,21-22H2,1-6H3,(H,39,45)(H2,40,41,47). The van der Waals surface area contributed by atoms with E-state index in [2.05, 4.69) is 36.7 Å². The molecule has 0 atom stereocenters. The SMILES string of the molecule is CNC(=O)c1ccc(C)c(-n2c(C)cc(OCc3ccccc3CNC(=O)Nc3cc(C(C)(C)C)nn3-c3ccccc3)c(Cl)c2=O)c1. The summed E-state index contributed by atoms with van der Waals surface area (Å²) in [5.41, 5.74) is 5.04. The summed E-state index contributed by atoms with van der Waals surface area (Å²) in [6.45, 7) is 10.2. The molecule has 0 bridgehead atoms. The molecule has 0 aliphatic rings. The Labute approximate surface area is 284 Å². The molecule has 0 unspecified atom stereocenters. The first-order valence-electron chi connectivity index (χ1n) is 15.5. The second-order valence-electron chi connectivity index (χ2n) is 12.5. The first kappa shape index (κ1) is 34.0. The van der Waals surface area contributed by atoms with Gasteiger partial charge in [-0.3, -0.25) is 19.5 Å². The van der Waals surface area contributed by atoms with Crippen LogP contribution >= 0.6 is 11.6 Å². The number of nitrogens with one attached hydrogen (secondary N) is 3. The monoisotopic (exact) mass is 666 g/mol. The predicted octanol–water partition coefficient (Wildman–Crippen LogP) is 6.85.